The van der Waals surface area contributed by atoms with Crippen LogP contribution in [0.25, 0.3) is 0 Å². The molecule has 1 aromatic rings. The number of benzene rings is 1. The van der Waals surface area contributed by atoms with E-state index in [0.717, 1.165) is 32.1 Å². The van der Waals surface area contributed by atoms with Crippen molar-refractivity contribution in [2.45, 2.75) is 51.2 Å². The smallest absolute Gasteiger partial charge is 0.0639 e. The highest BCUT2D eigenvalue weighted by molar-refractivity contribution is 5.32. The third-order valence-electron chi connectivity index (χ3n) is 5.25. The summed E-state index contributed by atoms with van der Waals surface area (Å²) >= 11 is 0. The summed E-state index contributed by atoms with van der Waals surface area (Å²) in [5.74, 6) is 0.791. The van der Waals surface area contributed by atoms with Crippen molar-refractivity contribution >= 4 is 0 Å². The molecule has 2 N–H and O–H groups in total. The van der Waals surface area contributed by atoms with Gasteiger partial charge in [-0.2, -0.15) is 0 Å². The summed E-state index contributed by atoms with van der Waals surface area (Å²) in [7, 11) is 0. The molecule has 2 atom stereocenters. The molecule has 1 aromatic carbocycles. The van der Waals surface area contributed by atoms with Crippen LogP contribution in [0.1, 0.15) is 49.8 Å². The molecule has 0 aromatic heterocycles. The first kappa shape index (κ1) is 16.0. The van der Waals surface area contributed by atoms with Gasteiger partial charge in [0.05, 0.1) is 6.10 Å². The average Bonchev–Trinajstić information content (AvgIpc) is 2.54. The highest BCUT2D eigenvalue weighted by Gasteiger charge is 2.23. The molecule has 0 radical (unpaired) electrons. The van der Waals surface area contributed by atoms with E-state index < -0.39 is 0 Å². The second-order valence-electron chi connectivity index (χ2n) is 7.14. The van der Waals surface area contributed by atoms with Crippen LogP contribution < -0.4 is 5.32 Å². The van der Waals surface area contributed by atoms with Gasteiger partial charge in [-0.15, -0.1) is 0 Å². The van der Waals surface area contributed by atoms with E-state index in [4.69, 9.17) is 0 Å². The third kappa shape index (κ3) is 4.09. The number of piperidine rings is 1. The lowest BCUT2D eigenvalue weighted by atomic mass is 9.87. The highest BCUT2D eigenvalue weighted by atomic mass is 16.3. The van der Waals surface area contributed by atoms with Crippen molar-refractivity contribution < 1.29 is 5.11 Å². The molecule has 2 aliphatic rings. The Morgan fingerprint density at radius 1 is 1.23 bits per heavy atom. The summed E-state index contributed by atoms with van der Waals surface area (Å²) in [6, 6.07) is 9.49. The van der Waals surface area contributed by atoms with Gasteiger partial charge in [0, 0.05) is 12.6 Å². The monoisotopic (exact) mass is 302 g/mol. The number of aryl methyl sites for hydroxylation is 1. The van der Waals surface area contributed by atoms with Crippen molar-refractivity contribution in [1.29, 1.82) is 0 Å². The van der Waals surface area contributed by atoms with Gasteiger partial charge in [-0.3, -0.25) is 0 Å². The van der Waals surface area contributed by atoms with E-state index in [-0.39, 0.29) is 6.10 Å². The van der Waals surface area contributed by atoms with E-state index >= 15 is 0 Å². The van der Waals surface area contributed by atoms with Crippen LogP contribution in [-0.2, 0) is 6.42 Å². The van der Waals surface area contributed by atoms with Gasteiger partial charge in [-0.1, -0.05) is 24.3 Å². The van der Waals surface area contributed by atoms with Gasteiger partial charge in [0.2, 0.25) is 0 Å². The SMILES string of the molecule is C[C@@H](O)CN1CCC(CN[C@@H]2CCCc3ccccc32)CC1. The molecule has 1 saturated heterocycles. The molecule has 22 heavy (non-hydrogen) atoms. The zero-order chi connectivity index (χ0) is 15.4. The van der Waals surface area contributed by atoms with E-state index in [9.17, 15) is 5.11 Å². The van der Waals surface area contributed by atoms with Gasteiger partial charge in [-0.05, 0) is 75.7 Å². The lowest BCUT2D eigenvalue weighted by molar-refractivity contribution is 0.0991. The number of fused-ring (bicyclic) bond motifs is 1. The van der Waals surface area contributed by atoms with Crippen LogP contribution in [-0.4, -0.2) is 42.3 Å². The molecule has 0 bridgehead atoms. The Morgan fingerprint density at radius 2 is 2.00 bits per heavy atom. The van der Waals surface area contributed by atoms with Crippen molar-refractivity contribution in [3.63, 3.8) is 0 Å². The van der Waals surface area contributed by atoms with E-state index in [2.05, 4.69) is 34.5 Å². The molecule has 3 heteroatoms. The first-order chi connectivity index (χ1) is 10.7. The lowest BCUT2D eigenvalue weighted by Gasteiger charge is -2.34. The van der Waals surface area contributed by atoms with E-state index in [1.807, 2.05) is 6.92 Å². The van der Waals surface area contributed by atoms with Crippen LogP contribution in [0.3, 0.4) is 0 Å². The second kappa shape index (κ2) is 7.58. The fourth-order valence-electron chi connectivity index (χ4n) is 4.02. The predicted molar refractivity (Wildman–Crippen MR) is 91.0 cm³/mol. The Hall–Kier alpha value is -0.900. The third-order valence-corrected chi connectivity index (χ3v) is 5.25. The first-order valence-electron chi connectivity index (χ1n) is 8.94. The molecule has 0 saturated carbocycles. The number of rotatable bonds is 5. The molecule has 1 fully saturated rings. The zero-order valence-corrected chi connectivity index (χ0v) is 13.8. The molecule has 0 spiro atoms. The minimum Gasteiger partial charge on any atom is -0.392 e. The number of aliphatic hydroxyl groups excluding tert-OH is 1. The Morgan fingerprint density at radius 3 is 2.77 bits per heavy atom. The highest BCUT2D eigenvalue weighted by Crippen LogP contribution is 2.30. The molecule has 122 valence electrons. The Kier molecular flexibility index (Phi) is 5.51. The van der Waals surface area contributed by atoms with Crippen LogP contribution >= 0.6 is 0 Å². The van der Waals surface area contributed by atoms with Gasteiger partial charge in [0.25, 0.3) is 0 Å². The van der Waals surface area contributed by atoms with Crippen LogP contribution in [0, 0.1) is 5.92 Å². The summed E-state index contributed by atoms with van der Waals surface area (Å²) in [5.41, 5.74) is 3.07. The van der Waals surface area contributed by atoms with E-state index in [1.54, 1.807) is 0 Å². The summed E-state index contributed by atoms with van der Waals surface area (Å²) in [6.07, 6.45) is 6.14. The standard InChI is InChI=1S/C19H30N2O/c1-15(22)14-21-11-9-16(10-12-21)13-20-19-8-4-6-17-5-2-3-7-18(17)19/h2-3,5,7,15-16,19-20,22H,4,6,8-14H2,1H3/t15-,19-/m1/s1. The van der Waals surface area contributed by atoms with Gasteiger partial charge >= 0.3 is 0 Å². The van der Waals surface area contributed by atoms with Crippen LogP contribution in [0.5, 0.6) is 0 Å². The number of nitrogens with zero attached hydrogens (tertiary/aromatic N) is 1. The van der Waals surface area contributed by atoms with Gasteiger partial charge in [0.15, 0.2) is 0 Å². The van der Waals surface area contributed by atoms with Gasteiger partial charge < -0.3 is 15.3 Å². The van der Waals surface area contributed by atoms with Crippen molar-refractivity contribution in [2.75, 3.05) is 26.2 Å². The molecule has 3 nitrogen and oxygen atoms in total. The summed E-state index contributed by atoms with van der Waals surface area (Å²) in [6.45, 7) is 6.13. The van der Waals surface area contributed by atoms with Crippen LogP contribution in [0.2, 0.25) is 0 Å². The quantitative estimate of drug-likeness (QED) is 0.878. The van der Waals surface area contributed by atoms with Crippen molar-refractivity contribution in [1.82, 2.24) is 10.2 Å². The normalized spacial score (nSPS) is 24.9. The minimum absolute atomic E-state index is 0.201. The number of hydrogen-bond acceptors (Lipinski definition) is 3. The molecule has 1 heterocycles. The van der Waals surface area contributed by atoms with Gasteiger partial charge in [-0.25, -0.2) is 0 Å². The average molecular weight is 302 g/mol. The van der Waals surface area contributed by atoms with Crippen LogP contribution in [0.4, 0.5) is 0 Å². The maximum Gasteiger partial charge on any atom is 0.0639 e. The van der Waals surface area contributed by atoms with Crippen molar-refractivity contribution in [3.05, 3.63) is 35.4 Å². The minimum atomic E-state index is -0.201. The Bertz CT molecular complexity index is 466. The number of β-amino-alcohol motifs (C(OH)–C–C–N with tert-alkyl or cyclic N) is 1. The fraction of sp³-hybridized carbons (Fsp3) is 0.684. The molecule has 1 aliphatic carbocycles. The number of hydrogen-bond donors (Lipinski definition) is 2. The molecule has 0 amide bonds. The largest absolute Gasteiger partial charge is 0.392 e. The van der Waals surface area contributed by atoms with Crippen molar-refractivity contribution in [2.24, 2.45) is 5.92 Å². The molecule has 1 aliphatic heterocycles. The number of aliphatic hydroxyl groups is 1. The topological polar surface area (TPSA) is 35.5 Å². The van der Waals surface area contributed by atoms with E-state index in [0.29, 0.717) is 6.04 Å². The van der Waals surface area contributed by atoms with Crippen molar-refractivity contribution in [3.8, 4) is 0 Å². The second-order valence-corrected chi connectivity index (χ2v) is 7.14. The fourth-order valence-corrected chi connectivity index (χ4v) is 4.02. The maximum atomic E-state index is 9.48. The molecule has 0 unspecified atom stereocenters. The lowest BCUT2D eigenvalue weighted by Crippen LogP contribution is -2.41. The summed E-state index contributed by atoms with van der Waals surface area (Å²) in [4.78, 5) is 2.40. The maximum absolute atomic E-state index is 9.48. The van der Waals surface area contributed by atoms with Gasteiger partial charge in [0.1, 0.15) is 0 Å². The Labute approximate surface area is 134 Å². The molecule has 3 rings (SSSR count). The summed E-state index contributed by atoms with van der Waals surface area (Å²) < 4.78 is 0. The predicted octanol–water partition coefficient (Wildman–Crippen LogP) is 2.75. The molecular weight excluding hydrogens is 272 g/mol. The number of nitrogens with one attached hydrogen (secondary N) is 1. The summed E-state index contributed by atoms with van der Waals surface area (Å²) in [5, 5.41) is 13.3. The Balaban J connectivity index is 1.46. The van der Waals surface area contributed by atoms with E-state index in [1.165, 1.54) is 43.2 Å². The molecular formula is C19H30N2O. The first-order valence-corrected chi connectivity index (χ1v) is 8.94. The number of likely N-dealkylation sites (tertiary alicyclic amines) is 1. The zero-order valence-electron chi connectivity index (χ0n) is 13.8. The van der Waals surface area contributed by atoms with Crippen LogP contribution in [0.15, 0.2) is 24.3 Å².